The Labute approximate surface area is 192 Å². The van der Waals surface area contributed by atoms with Crippen LogP contribution in [-0.2, 0) is 11.3 Å². The summed E-state index contributed by atoms with van der Waals surface area (Å²) in [4.78, 5) is 43.7. The van der Waals surface area contributed by atoms with Crippen molar-refractivity contribution in [2.24, 2.45) is 0 Å². The van der Waals surface area contributed by atoms with Gasteiger partial charge in [-0.15, -0.1) is 0 Å². The average molecular weight is 447 g/mol. The first-order chi connectivity index (χ1) is 16.1. The van der Waals surface area contributed by atoms with Gasteiger partial charge in [0.25, 0.3) is 5.91 Å². The molecule has 1 atom stereocenters. The second kappa shape index (κ2) is 10.0. The van der Waals surface area contributed by atoms with E-state index in [2.05, 4.69) is 32.4 Å². The SMILES string of the molecule is COc1ccc2c(c1)C(=O)N(C[C@@H](C#Cc1cncc(N3CCCC3)c1)NC(=O)NC=O)C2. The zero-order valence-corrected chi connectivity index (χ0v) is 18.3. The molecule has 33 heavy (non-hydrogen) atoms. The number of benzene rings is 1. The summed E-state index contributed by atoms with van der Waals surface area (Å²) in [5.74, 6) is 6.53. The van der Waals surface area contributed by atoms with Crippen LogP contribution in [0, 0.1) is 11.8 Å². The standard InChI is InChI=1S/C24H25N5O4/c1-33-21-7-5-18-14-29(23(31)22(18)11-21)15-19(27-24(32)26-16-30)6-4-17-10-20(13-25-12-17)28-8-2-3-9-28/h5,7,10-13,16,19H,2-3,8-9,14-15H2,1H3,(H2,26,27,30,32)/t19-/m1/s1. The first kappa shape index (κ1) is 22.1. The predicted molar refractivity (Wildman–Crippen MR) is 122 cm³/mol. The zero-order chi connectivity index (χ0) is 23.2. The summed E-state index contributed by atoms with van der Waals surface area (Å²) in [6.07, 6.45) is 6.10. The Morgan fingerprint density at radius 3 is 2.85 bits per heavy atom. The maximum atomic E-state index is 12.9. The molecule has 4 rings (SSSR count). The first-order valence-electron chi connectivity index (χ1n) is 10.8. The minimum absolute atomic E-state index is 0.161. The van der Waals surface area contributed by atoms with Crippen LogP contribution in [0.25, 0.3) is 0 Å². The number of nitrogens with zero attached hydrogens (tertiary/aromatic N) is 3. The van der Waals surface area contributed by atoms with Crippen LogP contribution >= 0.6 is 0 Å². The summed E-state index contributed by atoms with van der Waals surface area (Å²) >= 11 is 0. The molecular formula is C24H25N5O4. The third kappa shape index (κ3) is 5.23. The minimum atomic E-state index is -0.694. The Bertz CT molecular complexity index is 1120. The Morgan fingerprint density at radius 1 is 1.27 bits per heavy atom. The molecule has 2 aromatic rings. The molecule has 9 heteroatoms. The molecule has 1 aromatic heterocycles. The van der Waals surface area contributed by atoms with Crippen molar-refractivity contribution >= 4 is 24.0 Å². The molecule has 1 saturated heterocycles. The highest BCUT2D eigenvalue weighted by Crippen LogP contribution is 2.26. The Balaban J connectivity index is 1.52. The van der Waals surface area contributed by atoms with Gasteiger partial charge in [0.15, 0.2) is 0 Å². The Morgan fingerprint density at radius 2 is 2.09 bits per heavy atom. The van der Waals surface area contributed by atoms with Gasteiger partial charge < -0.3 is 19.9 Å². The van der Waals surface area contributed by atoms with E-state index in [9.17, 15) is 14.4 Å². The Kier molecular flexibility index (Phi) is 6.74. The van der Waals surface area contributed by atoms with Crippen LogP contribution in [0.2, 0.25) is 0 Å². The molecule has 0 unspecified atom stereocenters. The number of carbonyl (C=O) groups is 3. The molecule has 3 heterocycles. The van der Waals surface area contributed by atoms with E-state index in [1.165, 1.54) is 0 Å². The summed E-state index contributed by atoms with van der Waals surface area (Å²) in [5.41, 5.74) is 3.18. The van der Waals surface area contributed by atoms with Crippen LogP contribution < -0.4 is 20.3 Å². The van der Waals surface area contributed by atoms with Crippen LogP contribution in [0.1, 0.15) is 34.3 Å². The van der Waals surface area contributed by atoms with Crippen LogP contribution in [-0.4, -0.2) is 61.0 Å². The molecule has 0 aliphatic carbocycles. The lowest BCUT2D eigenvalue weighted by atomic mass is 10.1. The first-order valence-corrected chi connectivity index (χ1v) is 10.8. The number of pyridine rings is 1. The number of amides is 4. The lowest BCUT2D eigenvalue weighted by molar-refractivity contribution is -0.108. The number of urea groups is 1. The predicted octanol–water partition coefficient (Wildman–Crippen LogP) is 1.52. The molecule has 2 N–H and O–H groups in total. The van der Waals surface area contributed by atoms with E-state index < -0.39 is 12.1 Å². The van der Waals surface area contributed by atoms with Crippen molar-refractivity contribution in [2.75, 3.05) is 31.6 Å². The van der Waals surface area contributed by atoms with E-state index in [0.717, 1.165) is 37.2 Å². The number of ether oxygens (including phenoxy) is 1. The van der Waals surface area contributed by atoms with Gasteiger partial charge in [-0.3, -0.25) is 19.9 Å². The molecular weight excluding hydrogens is 422 g/mol. The van der Waals surface area contributed by atoms with Crippen LogP contribution in [0.5, 0.6) is 5.75 Å². The normalized spacial score (nSPS) is 15.4. The highest BCUT2D eigenvalue weighted by atomic mass is 16.5. The Hall–Kier alpha value is -4.06. The lowest BCUT2D eigenvalue weighted by Crippen LogP contribution is -2.46. The second-order valence-corrected chi connectivity index (χ2v) is 7.89. The third-order valence-corrected chi connectivity index (χ3v) is 5.68. The topological polar surface area (TPSA) is 104 Å². The lowest BCUT2D eigenvalue weighted by Gasteiger charge is -2.21. The summed E-state index contributed by atoms with van der Waals surface area (Å²) in [7, 11) is 1.55. The summed E-state index contributed by atoms with van der Waals surface area (Å²) < 4.78 is 5.22. The number of fused-ring (bicyclic) bond motifs is 1. The molecule has 170 valence electrons. The van der Waals surface area contributed by atoms with Crippen molar-refractivity contribution in [3.05, 3.63) is 53.3 Å². The van der Waals surface area contributed by atoms with Gasteiger partial charge >= 0.3 is 6.03 Å². The van der Waals surface area contributed by atoms with Gasteiger partial charge in [0.2, 0.25) is 6.41 Å². The molecule has 0 saturated carbocycles. The van der Waals surface area contributed by atoms with E-state index >= 15 is 0 Å². The zero-order valence-electron chi connectivity index (χ0n) is 18.3. The number of methoxy groups -OCH3 is 1. The van der Waals surface area contributed by atoms with Crippen molar-refractivity contribution in [2.45, 2.75) is 25.4 Å². The van der Waals surface area contributed by atoms with Gasteiger partial charge in [0.05, 0.1) is 25.5 Å². The molecule has 9 nitrogen and oxygen atoms in total. The number of nitrogens with one attached hydrogen (secondary N) is 2. The van der Waals surface area contributed by atoms with E-state index in [1.807, 2.05) is 24.4 Å². The number of aromatic nitrogens is 1. The molecule has 0 bridgehead atoms. The fraction of sp³-hybridized carbons (Fsp3) is 0.333. The van der Waals surface area contributed by atoms with Crippen molar-refractivity contribution in [3.63, 3.8) is 0 Å². The van der Waals surface area contributed by atoms with Gasteiger partial charge in [-0.1, -0.05) is 17.9 Å². The number of rotatable bonds is 6. The van der Waals surface area contributed by atoms with Crippen molar-refractivity contribution in [1.29, 1.82) is 0 Å². The van der Waals surface area contributed by atoms with Gasteiger partial charge in [0.1, 0.15) is 11.8 Å². The molecule has 2 aliphatic rings. The fourth-order valence-corrected chi connectivity index (χ4v) is 4.03. The van der Waals surface area contributed by atoms with Crippen LogP contribution in [0.15, 0.2) is 36.7 Å². The fourth-order valence-electron chi connectivity index (χ4n) is 4.03. The molecule has 1 aromatic carbocycles. The monoisotopic (exact) mass is 447 g/mol. The summed E-state index contributed by atoms with van der Waals surface area (Å²) in [6.45, 7) is 2.56. The molecule has 0 spiro atoms. The highest BCUT2D eigenvalue weighted by molar-refractivity contribution is 5.98. The van der Waals surface area contributed by atoms with Gasteiger partial charge in [0, 0.05) is 37.0 Å². The van der Waals surface area contributed by atoms with Crippen LogP contribution in [0.4, 0.5) is 10.5 Å². The largest absolute Gasteiger partial charge is 0.497 e. The van der Waals surface area contributed by atoms with Gasteiger partial charge in [-0.2, -0.15) is 0 Å². The number of hydrogen-bond donors (Lipinski definition) is 2. The number of anilines is 1. The maximum absolute atomic E-state index is 12.9. The van der Waals surface area contributed by atoms with E-state index in [1.54, 1.807) is 24.3 Å². The van der Waals surface area contributed by atoms with Gasteiger partial charge in [-0.25, -0.2) is 4.79 Å². The molecule has 0 radical (unpaired) electrons. The quantitative estimate of drug-likeness (QED) is 0.514. The van der Waals surface area contributed by atoms with E-state index in [-0.39, 0.29) is 12.5 Å². The van der Waals surface area contributed by atoms with Crippen LogP contribution in [0.3, 0.4) is 0 Å². The van der Waals surface area contributed by atoms with Crippen molar-refractivity contribution in [3.8, 4) is 17.6 Å². The smallest absolute Gasteiger partial charge is 0.322 e. The number of hydrogen-bond acceptors (Lipinski definition) is 6. The number of imide groups is 1. The minimum Gasteiger partial charge on any atom is -0.497 e. The maximum Gasteiger partial charge on any atom is 0.322 e. The van der Waals surface area contributed by atoms with Crippen molar-refractivity contribution in [1.82, 2.24) is 20.5 Å². The van der Waals surface area contributed by atoms with Gasteiger partial charge in [-0.05, 0) is 36.6 Å². The number of carbonyl (C=O) groups excluding carboxylic acids is 3. The average Bonchev–Trinajstić information content (AvgIpc) is 3.46. The molecule has 4 amide bonds. The van der Waals surface area contributed by atoms with Crippen molar-refractivity contribution < 1.29 is 19.1 Å². The molecule has 2 aliphatic heterocycles. The second-order valence-electron chi connectivity index (χ2n) is 7.89. The summed E-state index contributed by atoms with van der Waals surface area (Å²) in [6, 6.07) is 5.97. The highest BCUT2D eigenvalue weighted by Gasteiger charge is 2.29. The van der Waals surface area contributed by atoms with E-state index in [4.69, 9.17) is 4.74 Å². The third-order valence-electron chi connectivity index (χ3n) is 5.68. The summed E-state index contributed by atoms with van der Waals surface area (Å²) in [5, 5.41) is 4.70. The van der Waals surface area contributed by atoms with E-state index in [0.29, 0.717) is 29.8 Å². The molecule has 1 fully saturated rings.